The Balaban J connectivity index is 1.40. The first-order valence-corrected chi connectivity index (χ1v) is 8.21. The number of carbonyl (C=O) groups is 1. The summed E-state index contributed by atoms with van der Waals surface area (Å²) in [5.41, 5.74) is 0.914. The molecule has 1 saturated carbocycles. The summed E-state index contributed by atoms with van der Waals surface area (Å²) in [6, 6.07) is 0. The van der Waals surface area contributed by atoms with E-state index in [1.54, 1.807) is 12.4 Å². The van der Waals surface area contributed by atoms with Crippen LogP contribution >= 0.6 is 0 Å². The number of carbonyl (C=O) groups excluding carboxylic acids is 1. The molecule has 1 amide bonds. The van der Waals surface area contributed by atoms with Crippen LogP contribution in [0, 0.1) is 11.8 Å². The minimum Gasteiger partial charge on any atom is -0.380 e. The number of nitrogens with one attached hydrogen (secondary N) is 2. The van der Waals surface area contributed by atoms with Crippen molar-refractivity contribution in [2.24, 2.45) is 11.8 Å². The third kappa shape index (κ3) is 4.16. The summed E-state index contributed by atoms with van der Waals surface area (Å²) in [5, 5.41) is 6.20. The van der Waals surface area contributed by atoms with Gasteiger partial charge in [-0.1, -0.05) is 19.3 Å². The standard InChI is InChI=1S/C16H24N4O2/c21-15(14-10-22-11-14)17-7-13-8-19-16(20-9-13)18-6-12-4-2-1-3-5-12/h8-9,12,14H,1-7,10-11H2,(H,17,21)(H,18,19,20). The number of rotatable bonds is 6. The zero-order chi connectivity index (χ0) is 15.2. The van der Waals surface area contributed by atoms with Crippen LogP contribution in [0.15, 0.2) is 12.4 Å². The number of ether oxygens (including phenoxy) is 1. The van der Waals surface area contributed by atoms with Gasteiger partial charge >= 0.3 is 0 Å². The van der Waals surface area contributed by atoms with E-state index in [4.69, 9.17) is 4.74 Å². The summed E-state index contributed by atoms with van der Waals surface area (Å²) in [5.74, 6) is 1.48. The molecule has 2 N–H and O–H groups in total. The van der Waals surface area contributed by atoms with E-state index in [1.165, 1.54) is 32.1 Å². The second kappa shape index (κ2) is 7.54. The first-order valence-electron chi connectivity index (χ1n) is 8.21. The number of aromatic nitrogens is 2. The highest BCUT2D eigenvalue weighted by Crippen LogP contribution is 2.23. The third-order valence-electron chi connectivity index (χ3n) is 4.45. The third-order valence-corrected chi connectivity index (χ3v) is 4.45. The minimum atomic E-state index is 0.0114. The Kier molecular flexibility index (Phi) is 5.21. The van der Waals surface area contributed by atoms with Crippen molar-refractivity contribution >= 4 is 11.9 Å². The van der Waals surface area contributed by atoms with Gasteiger partial charge in [-0.15, -0.1) is 0 Å². The van der Waals surface area contributed by atoms with E-state index in [0.717, 1.165) is 18.0 Å². The second-order valence-corrected chi connectivity index (χ2v) is 6.25. The highest BCUT2D eigenvalue weighted by atomic mass is 16.5. The van der Waals surface area contributed by atoms with Crippen molar-refractivity contribution in [1.29, 1.82) is 0 Å². The van der Waals surface area contributed by atoms with Crippen molar-refractivity contribution in [3.05, 3.63) is 18.0 Å². The van der Waals surface area contributed by atoms with E-state index in [2.05, 4.69) is 20.6 Å². The van der Waals surface area contributed by atoms with Gasteiger partial charge in [0.25, 0.3) is 0 Å². The van der Waals surface area contributed by atoms with E-state index in [0.29, 0.717) is 25.7 Å². The molecule has 22 heavy (non-hydrogen) atoms. The summed E-state index contributed by atoms with van der Waals surface area (Å²) < 4.78 is 5.01. The SMILES string of the molecule is O=C(NCc1cnc(NCC2CCCCC2)nc1)C1COC1. The highest BCUT2D eigenvalue weighted by Gasteiger charge is 2.25. The molecule has 1 aromatic rings. The lowest BCUT2D eigenvalue weighted by atomic mass is 9.89. The molecule has 120 valence electrons. The van der Waals surface area contributed by atoms with E-state index in [1.807, 2.05) is 0 Å². The predicted octanol–water partition coefficient (Wildman–Crippen LogP) is 1.73. The van der Waals surface area contributed by atoms with Crippen LogP contribution in [0.4, 0.5) is 5.95 Å². The summed E-state index contributed by atoms with van der Waals surface area (Å²) in [6.07, 6.45) is 10.2. The maximum absolute atomic E-state index is 11.7. The van der Waals surface area contributed by atoms with E-state index in [9.17, 15) is 4.79 Å². The molecule has 0 bridgehead atoms. The van der Waals surface area contributed by atoms with Gasteiger partial charge in [-0.05, 0) is 18.8 Å². The van der Waals surface area contributed by atoms with Crippen LogP contribution in [-0.4, -0.2) is 35.6 Å². The van der Waals surface area contributed by atoms with Crippen molar-refractivity contribution in [1.82, 2.24) is 15.3 Å². The number of amides is 1. The average Bonchev–Trinajstić information content (AvgIpc) is 2.51. The van der Waals surface area contributed by atoms with Gasteiger partial charge < -0.3 is 15.4 Å². The fourth-order valence-electron chi connectivity index (χ4n) is 2.88. The van der Waals surface area contributed by atoms with Crippen LogP contribution in [0.1, 0.15) is 37.7 Å². The summed E-state index contributed by atoms with van der Waals surface area (Å²) in [7, 11) is 0. The van der Waals surface area contributed by atoms with Crippen LogP contribution < -0.4 is 10.6 Å². The van der Waals surface area contributed by atoms with Crippen LogP contribution in [0.25, 0.3) is 0 Å². The molecule has 1 saturated heterocycles. The molecular formula is C16H24N4O2. The van der Waals surface area contributed by atoms with Gasteiger partial charge in [-0.2, -0.15) is 0 Å². The Labute approximate surface area is 131 Å². The van der Waals surface area contributed by atoms with Crippen LogP contribution in [-0.2, 0) is 16.1 Å². The van der Waals surface area contributed by atoms with E-state index >= 15 is 0 Å². The highest BCUT2D eigenvalue weighted by molar-refractivity contribution is 5.79. The van der Waals surface area contributed by atoms with Gasteiger partial charge in [0, 0.05) is 31.0 Å². The Hall–Kier alpha value is -1.69. The van der Waals surface area contributed by atoms with Gasteiger partial charge in [0.2, 0.25) is 11.9 Å². The number of hydrogen-bond donors (Lipinski definition) is 2. The van der Waals surface area contributed by atoms with Gasteiger partial charge in [-0.3, -0.25) is 4.79 Å². The smallest absolute Gasteiger partial charge is 0.228 e. The molecule has 2 heterocycles. The Morgan fingerprint density at radius 1 is 1.18 bits per heavy atom. The molecule has 3 rings (SSSR count). The number of hydrogen-bond acceptors (Lipinski definition) is 5. The van der Waals surface area contributed by atoms with Crippen LogP contribution in [0.5, 0.6) is 0 Å². The minimum absolute atomic E-state index is 0.0114. The van der Waals surface area contributed by atoms with E-state index < -0.39 is 0 Å². The molecule has 1 aromatic heterocycles. The molecule has 2 fully saturated rings. The average molecular weight is 304 g/mol. The molecule has 0 radical (unpaired) electrons. The predicted molar refractivity (Wildman–Crippen MR) is 83.3 cm³/mol. The molecule has 6 heteroatoms. The molecule has 0 spiro atoms. The molecular weight excluding hydrogens is 280 g/mol. The lowest BCUT2D eigenvalue weighted by Crippen LogP contribution is -2.41. The second-order valence-electron chi connectivity index (χ2n) is 6.25. The number of anilines is 1. The monoisotopic (exact) mass is 304 g/mol. The largest absolute Gasteiger partial charge is 0.380 e. The van der Waals surface area contributed by atoms with Crippen molar-refractivity contribution < 1.29 is 9.53 Å². The van der Waals surface area contributed by atoms with Crippen LogP contribution in [0.3, 0.4) is 0 Å². The molecule has 0 unspecified atom stereocenters. The Morgan fingerprint density at radius 3 is 2.55 bits per heavy atom. The van der Waals surface area contributed by atoms with Crippen molar-refractivity contribution in [3.8, 4) is 0 Å². The topological polar surface area (TPSA) is 76.1 Å². The fraction of sp³-hybridized carbons (Fsp3) is 0.688. The van der Waals surface area contributed by atoms with Gasteiger partial charge in [0.05, 0.1) is 19.1 Å². The van der Waals surface area contributed by atoms with Gasteiger partial charge in [-0.25, -0.2) is 9.97 Å². The molecule has 6 nitrogen and oxygen atoms in total. The lowest BCUT2D eigenvalue weighted by Gasteiger charge is -2.24. The molecule has 0 atom stereocenters. The maximum Gasteiger partial charge on any atom is 0.228 e. The summed E-state index contributed by atoms with van der Waals surface area (Å²) >= 11 is 0. The molecule has 1 aliphatic carbocycles. The van der Waals surface area contributed by atoms with Crippen molar-refractivity contribution in [3.63, 3.8) is 0 Å². The Morgan fingerprint density at radius 2 is 1.91 bits per heavy atom. The summed E-state index contributed by atoms with van der Waals surface area (Å²) in [6.45, 7) is 2.49. The zero-order valence-electron chi connectivity index (χ0n) is 12.9. The number of nitrogens with zero attached hydrogens (tertiary/aromatic N) is 2. The van der Waals surface area contributed by atoms with Crippen LogP contribution in [0.2, 0.25) is 0 Å². The first-order chi connectivity index (χ1) is 10.8. The zero-order valence-corrected chi connectivity index (χ0v) is 12.9. The normalized spacial score (nSPS) is 19.5. The summed E-state index contributed by atoms with van der Waals surface area (Å²) in [4.78, 5) is 20.3. The van der Waals surface area contributed by atoms with E-state index in [-0.39, 0.29) is 11.8 Å². The fourth-order valence-corrected chi connectivity index (χ4v) is 2.88. The first kappa shape index (κ1) is 15.2. The lowest BCUT2D eigenvalue weighted by molar-refractivity contribution is -0.139. The van der Waals surface area contributed by atoms with Gasteiger partial charge in [0.1, 0.15) is 0 Å². The van der Waals surface area contributed by atoms with Gasteiger partial charge in [0.15, 0.2) is 0 Å². The Bertz CT molecular complexity index is 481. The van der Waals surface area contributed by atoms with Crippen molar-refractivity contribution in [2.45, 2.75) is 38.6 Å². The molecule has 0 aromatic carbocycles. The van der Waals surface area contributed by atoms with Crippen molar-refractivity contribution in [2.75, 3.05) is 25.1 Å². The molecule has 2 aliphatic rings. The molecule has 1 aliphatic heterocycles. The quantitative estimate of drug-likeness (QED) is 0.837. The maximum atomic E-state index is 11.7.